The summed E-state index contributed by atoms with van der Waals surface area (Å²) >= 11 is 0. The standard InChI is InChI=1S/C18H17N3O5S/c1-12-2-4-13(5-3-12)18-20-17(26-21-18)8-9-19-27(22,23)14-6-7-15-16(10-14)25-11-24-15/h2-7,10,19H,8-9,11H2,1H3. The van der Waals surface area contributed by atoms with Crippen LogP contribution >= 0.6 is 0 Å². The molecule has 0 aliphatic carbocycles. The molecule has 1 aliphatic heterocycles. The summed E-state index contributed by atoms with van der Waals surface area (Å²) in [5.41, 5.74) is 1.98. The van der Waals surface area contributed by atoms with Crippen molar-refractivity contribution in [1.82, 2.24) is 14.9 Å². The van der Waals surface area contributed by atoms with Gasteiger partial charge in [0.25, 0.3) is 0 Å². The average Bonchev–Trinajstić information content (AvgIpc) is 3.31. The van der Waals surface area contributed by atoms with Gasteiger partial charge in [0, 0.05) is 24.6 Å². The van der Waals surface area contributed by atoms with Crippen LogP contribution in [0.25, 0.3) is 11.4 Å². The van der Waals surface area contributed by atoms with E-state index in [0.717, 1.165) is 11.1 Å². The number of hydrogen-bond acceptors (Lipinski definition) is 7. The van der Waals surface area contributed by atoms with Crippen molar-refractivity contribution in [1.29, 1.82) is 0 Å². The van der Waals surface area contributed by atoms with Crippen LogP contribution < -0.4 is 14.2 Å². The molecule has 27 heavy (non-hydrogen) atoms. The Balaban J connectivity index is 1.39. The summed E-state index contributed by atoms with van der Waals surface area (Å²) in [5.74, 6) is 1.78. The summed E-state index contributed by atoms with van der Waals surface area (Å²) < 4.78 is 42.9. The van der Waals surface area contributed by atoms with Crippen molar-refractivity contribution in [3.63, 3.8) is 0 Å². The van der Waals surface area contributed by atoms with Crippen molar-refractivity contribution in [2.45, 2.75) is 18.2 Å². The van der Waals surface area contributed by atoms with Crippen LogP contribution in [0.4, 0.5) is 0 Å². The summed E-state index contributed by atoms with van der Waals surface area (Å²) in [6.45, 7) is 2.22. The van der Waals surface area contributed by atoms with E-state index in [1.165, 1.54) is 12.1 Å². The van der Waals surface area contributed by atoms with Crippen molar-refractivity contribution in [3.8, 4) is 22.9 Å². The molecule has 0 fully saturated rings. The van der Waals surface area contributed by atoms with Crippen molar-refractivity contribution >= 4 is 10.0 Å². The van der Waals surface area contributed by atoms with Gasteiger partial charge < -0.3 is 14.0 Å². The SMILES string of the molecule is Cc1ccc(-c2noc(CCNS(=O)(=O)c3ccc4c(c3)OCO4)n2)cc1. The van der Waals surface area contributed by atoms with E-state index in [1.54, 1.807) is 6.07 Å². The largest absolute Gasteiger partial charge is 0.454 e. The topological polar surface area (TPSA) is 104 Å². The van der Waals surface area contributed by atoms with Crippen LogP contribution in [0.3, 0.4) is 0 Å². The van der Waals surface area contributed by atoms with E-state index in [1.807, 2.05) is 31.2 Å². The molecule has 3 aromatic rings. The number of fused-ring (bicyclic) bond motifs is 1. The number of rotatable bonds is 6. The van der Waals surface area contributed by atoms with E-state index in [-0.39, 0.29) is 24.7 Å². The molecule has 1 aromatic heterocycles. The Hall–Kier alpha value is -2.91. The maximum absolute atomic E-state index is 12.4. The maximum atomic E-state index is 12.4. The zero-order valence-electron chi connectivity index (χ0n) is 14.5. The van der Waals surface area contributed by atoms with Gasteiger partial charge in [-0.05, 0) is 19.1 Å². The summed E-state index contributed by atoms with van der Waals surface area (Å²) in [6, 6.07) is 12.2. The fourth-order valence-electron chi connectivity index (χ4n) is 2.60. The molecule has 0 atom stereocenters. The van der Waals surface area contributed by atoms with Crippen molar-refractivity contribution < 1.29 is 22.4 Å². The molecule has 8 nitrogen and oxygen atoms in total. The molecule has 1 aliphatic rings. The Labute approximate surface area is 156 Å². The summed E-state index contributed by atoms with van der Waals surface area (Å²) in [5, 5.41) is 3.93. The molecule has 0 unspecified atom stereocenters. The van der Waals surface area contributed by atoms with Gasteiger partial charge in [0.1, 0.15) is 0 Å². The fourth-order valence-corrected chi connectivity index (χ4v) is 3.64. The highest BCUT2D eigenvalue weighted by Crippen LogP contribution is 2.33. The summed E-state index contributed by atoms with van der Waals surface area (Å²) in [4.78, 5) is 4.41. The normalized spacial score (nSPS) is 13.1. The van der Waals surface area contributed by atoms with Crippen LogP contribution in [0.15, 0.2) is 51.9 Å². The van der Waals surface area contributed by atoms with Gasteiger partial charge in [-0.3, -0.25) is 0 Å². The molecular formula is C18H17N3O5S. The number of nitrogens with zero attached hydrogens (tertiary/aromatic N) is 2. The third-order valence-corrected chi connectivity index (χ3v) is 5.52. The molecular weight excluding hydrogens is 370 g/mol. The zero-order valence-corrected chi connectivity index (χ0v) is 15.3. The first-order chi connectivity index (χ1) is 13.0. The Morgan fingerprint density at radius 2 is 1.85 bits per heavy atom. The number of hydrogen-bond donors (Lipinski definition) is 1. The van der Waals surface area contributed by atoms with Crippen molar-refractivity contribution in [2.24, 2.45) is 0 Å². The zero-order chi connectivity index (χ0) is 18.9. The predicted octanol–water partition coefficient (Wildman–Crippen LogP) is 2.29. The highest BCUT2D eigenvalue weighted by atomic mass is 32.2. The molecule has 9 heteroatoms. The molecule has 1 N–H and O–H groups in total. The lowest BCUT2D eigenvalue weighted by atomic mass is 10.1. The number of ether oxygens (including phenoxy) is 2. The van der Waals surface area contributed by atoms with Gasteiger partial charge in [-0.1, -0.05) is 35.0 Å². The molecule has 0 radical (unpaired) electrons. The van der Waals surface area contributed by atoms with E-state index in [0.29, 0.717) is 23.2 Å². The van der Waals surface area contributed by atoms with Gasteiger partial charge in [0.15, 0.2) is 11.5 Å². The lowest BCUT2D eigenvalue weighted by molar-refractivity contribution is 0.174. The number of aryl methyl sites for hydroxylation is 1. The van der Waals surface area contributed by atoms with E-state index in [9.17, 15) is 8.42 Å². The summed E-state index contributed by atoms with van der Waals surface area (Å²) in [6.07, 6.45) is 0.280. The third-order valence-electron chi connectivity index (χ3n) is 4.06. The molecule has 2 heterocycles. The van der Waals surface area contributed by atoms with Crippen LogP contribution in [-0.2, 0) is 16.4 Å². The third kappa shape index (κ3) is 3.79. The van der Waals surface area contributed by atoms with Gasteiger partial charge in [-0.15, -0.1) is 0 Å². The van der Waals surface area contributed by atoms with Gasteiger partial charge in [0.2, 0.25) is 28.5 Å². The number of sulfonamides is 1. The van der Waals surface area contributed by atoms with E-state index in [2.05, 4.69) is 14.9 Å². The first-order valence-corrected chi connectivity index (χ1v) is 9.78. The molecule has 0 amide bonds. The highest BCUT2D eigenvalue weighted by molar-refractivity contribution is 7.89. The van der Waals surface area contributed by atoms with Crippen LogP contribution in [0.2, 0.25) is 0 Å². The van der Waals surface area contributed by atoms with Crippen LogP contribution in [-0.4, -0.2) is 31.9 Å². The minimum atomic E-state index is -3.68. The van der Waals surface area contributed by atoms with Crippen LogP contribution in [0.5, 0.6) is 11.5 Å². The monoisotopic (exact) mass is 387 g/mol. The maximum Gasteiger partial charge on any atom is 0.240 e. The Kier molecular flexibility index (Phi) is 4.54. The fraction of sp³-hybridized carbons (Fsp3) is 0.222. The minimum Gasteiger partial charge on any atom is -0.454 e. The summed E-state index contributed by atoms with van der Waals surface area (Å²) in [7, 11) is -3.68. The lowest BCUT2D eigenvalue weighted by Gasteiger charge is -2.06. The molecule has 0 saturated carbocycles. The van der Waals surface area contributed by atoms with Gasteiger partial charge in [-0.25, -0.2) is 13.1 Å². The Morgan fingerprint density at radius 3 is 2.67 bits per heavy atom. The van der Waals surface area contributed by atoms with Crippen molar-refractivity contribution in [3.05, 3.63) is 53.9 Å². The Bertz CT molecular complexity index is 1060. The van der Waals surface area contributed by atoms with Gasteiger partial charge in [0.05, 0.1) is 4.90 Å². The first-order valence-electron chi connectivity index (χ1n) is 8.30. The quantitative estimate of drug-likeness (QED) is 0.692. The smallest absolute Gasteiger partial charge is 0.240 e. The van der Waals surface area contributed by atoms with E-state index < -0.39 is 10.0 Å². The number of aromatic nitrogens is 2. The van der Waals surface area contributed by atoms with Gasteiger partial charge >= 0.3 is 0 Å². The number of nitrogens with one attached hydrogen (secondary N) is 1. The number of benzene rings is 2. The van der Waals surface area contributed by atoms with Crippen molar-refractivity contribution in [2.75, 3.05) is 13.3 Å². The molecule has 0 spiro atoms. The second kappa shape index (κ2) is 7.01. The molecule has 4 rings (SSSR count). The molecule has 0 bridgehead atoms. The second-order valence-corrected chi connectivity index (χ2v) is 7.81. The van der Waals surface area contributed by atoms with E-state index >= 15 is 0 Å². The highest BCUT2D eigenvalue weighted by Gasteiger charge is 2.20. The van der Waals surface area contributed by atoms with E-state index in [4.69, 9.17) is 14.0 Å². The lowest BCUT2D eigenvalue weighted by Crippen LogP contribution is -2.26. The molecule has 140 valence electrons. The minimum absolute atomic E-state index is 0.0900. The molecule has 2 aromatic carbocycles. The molecule has 0 saturated heterocycles. The second-order valence-electron chi connectivity index (χ2n) is 6.04. The Morgan fingerprint density at radius 1 is 1.07 bits per heavy atom. The predicted molar refractivity (Wildman–Crippen MR) is 95.9 cm³/mol. The van der Waals surface area contributed by atoms with Crippen LogP contribution in [0, 0.1) is 6.92 Å². The average molecular weight is 387 g/mol. The van der Waals surface area contributed by atoms with Crippen LogP contribution in [0.1, 0.15) is 11.5 Å². The van der Waals surface area contributed by atoms with Gasteiger partial charge in [-0.2, -0.15) is 4.98 Å². The first kappa shape index (κ1) is 17.5.